The van der Waals surface area contributed by atoms with Crippen molar-refractivity contribution in [2.24, 2.45) is 16.1 Å². The third-order valence-electron chi connectivity index (χ3n) is 5.76. The molecule has 0 radical (unpaired) electrons. The molecular formula is C24H30N4O4S. The largest absolute Gasteiger partial charge is 0.497 e. The number of nitrogens with one attached hydrogen (secondary N) is 2. The zero-order valence-corrected chi connectivity index (χ0v) is 20.1. The predicted octanol–water partition coefficient (Wildman–Crippen LogP) is 3.93. The van der Waals surface area contributed by atoms with E-state index in [0.29, 0.717) is 17.0 Å². The van der Waals surface area contributed by atoms with Crippen LogP contribution in [0.4, 0.5) is 5.69 Å². The van der Waals surface area contributed by atoms with Gasteiger partial charge in [-0.3, -0.25) is 14.4 Å². The van der Waals surface area contributed by atoms with Gasteiger partial charge in [-0.05, 0) is 65.1 Å². The summed E-state index contributed by atoms with van der Waals surface area (Å²) >= 11 is 0. The molecule has 33 heavy (non-hydrogen) atoms. The summed E-state index contributed by atoms with van der Waals surface area (Å²) in [4.78, 5) is 38.9. The molecule has 2 atom stereocenters. The van der Waals surface area contributed by atoms with E-state index in [1.807, 2.05) is 24.3 Å². The Kier molecular flexibility index (Phi) is 7.86. The first-order chi connectivity index (χ1) is 15.7. The molecule has 0 aromatic heterocycles. The predicted molar refractivity (Wildman–Crippen MR) is 130 cm³/mol. The number of methoxy groups -OCH3 is 1. The van der Waals surface area contributed by atoms with Crippen LogP contribution in [0.25, 0.3) is 0 Å². The molecule has 1 heterocycles. The fourth-order valence-electron chi connectivity index (χ4n) is 3.35. The van der Waals surface area contributed by atoms with Crippen molar-refractivity contribution >= 4 is 33.4 Å². The normalized spacial score (nSPS) is 17.2. The molecule has 0 saturated heterocycles. The van der Waals surface area contributed by atoms with Crippen molar-refractivity contribution in [2.75, 3.05) is 37.2 Å². The molecule has 0 spiro atoms. The molecule has 2 aromatic rings. The third-order valence-corrected chi connectivity index (χ3v) is 8.75. The maximum Gasteiger partial charge on any atom is 0.265 e. The fourth-order valence-corrected chi connectivity index (χ4v) is 4.56. The van der Waals surface area contributed by atoms with Crippen molar-refractivity contribution in [1.82, 2.24) is 5.32 Å². The second-order valence-corrected chi connectivity index (χ2v) is 12.4. The Labute approximate surface area is 195 Å². The molecule has 0 bridgehead atoms. The molecular weight excluding hydrogens is 440 g/mol. The minimum absolute atomic E-state index is 0.0245. The van der Waals surface area contributed by atoms with Gasteiger partial charge in [0.2, 0.25) is 5.91 Å². The molecule has 0 aliphatic carbocycles. The molecule has 3 rings (SSSR count). The average Bonchev–Trinajstić information content (AvgIpc) is 2.82. The van der Waals surface area contributed by atoms with Gasteiger partial charge in [-0.25, -0.2) is 10.0 Å². The Morgan fingerprint density at radius 3 is 2.36 bits per heavy atom. The summed E-state index contributed by atoms with van der Waals surface area (Å²) < 4.78 is 5.19. The van der Waals surface area contributed by atoms with E-state index < -0.39 is 33.8 Å². The molecule has 2 aromatic carbocycles. The number of hydrogen-bond donors (Lipinski definition) is 2. The molecule has 2 N–H and O–H groups in total. The van der Waals surface area contributed by atoms with Crippen molar-refractivity contribution in [3.63, 3.8) is 0 Å². The quantitative estimate of drug-likeness (QED) is 0.609. The van der Waals surface area contributed by atoms with Gasteiger partial charge in [0.1, 0.15) is 11.8 Å². The van der Waals surface area contributed by atoms with Gasteiger partial charge in [0, 0.05) is 12.1 Å². The number of amides is 3. The van der Waals surface area contributed by atoms with Gasteiger partial charge in [-0.1, -0.05) is 19.1 Å². The van der Waals surface area contributed by atoms with Gasteiger partial charge in [0.25, 0.3) is 11.8 Å². The van der Waals surface area contributed by atoms with E-state index in [1.54, 1.807) is 31.4 Å². The maximum absolute atomic E-state index is 13.2. The first kappa shape index (κ1) is 24.4. The number of nitrogens with zero attached hydrogens (tertiary/aromatic N) is 2. The van der Waals surface area contributed by atoms with Crippen LogP contribution in [0.15, 0.2) is 63.7 Å². The Morgan fingerprint density at radius 2 is 1.79 bits per heavy atom. The second-order valence-electron chi connectivity index (χ2n) is 8.27. The monoisotopic (exact) mass is 470 g/mol. The van der Waals surface area contributed by atoms with E-state index in [1.165, 1.54) is 4.90 Å². The highest BCUT2D eigenvalue weighted by atomic mass is 32.3. The Bertz CT molecular complexity index is 1040. The summed E-state index contributed by atoms with van der Waals surface area (Å²) in [6.07, 6.45) is 4.49. The minimum Gasteiger partial charge on any atom is -0.497 e. The van der Waals surface area contributed by atoms with Gasteiger partial charge in [-0.2, -0.15) is 5.11 Å². The lowest BCUT2D eigenvalue weighted by Crippen LogP contribution is -2.41. The zero-order chi connectivity index (χ0) is 24.0. The SMILES string of the molecule is CCS(C)(C)c1ccc(NC(=O)C(NC(=O)C2CN=NC(=O)C2)c2ccc(OC)cc2)cc1. The minimum atomic E-state index is -0.949. The van der Waals surface area contributed by atoms with Crippen LogP contribution in [0.1, 0.15) is 24.9 Å². The van der Waals surface area contributed by atoms with Crippen LogP contribution in [0.2, 0.25) is 0 Å². The Morgan fingerprint density at radius 1 is 1.12 bits per heavy atom. The number of carbonyl (C=O) groups excluding carboxylic acids is 3. The van der Waals surface area contributed by atoms with Gasteiger partial charge >= 0.3 is 0 Å². The summed E-state index contributed by atoms with van der Waals surface area (Å²) in [5, 5.41) is 12.8. The molecule has 3 amide bonds. The number of rotatable bonds is 8. The zero-order valence-electron chi connectivity index (χ0n) is 19.3. The van der Waals surface area contributed by atoms with Crippen molar-refractivity contribution in [2.45, 2.75) is 24.3 Å². The third kappa shape index (κ3) is 6.19. The number of ether oxygens (including phenoxy) is 1. The number of azo groups is 1. The molecule has 2 unspecified atom stereocenters. The van der Waals surface area contributed by atoms with Gasteiger partial charge in [0.15, 0.2) is 0 Å². The smallest absolute Gasteiger partial charge is 0.265 e. The van der Waals surface area contributed by atoms with Crippen molar-refractivity contribution in [3.8, 4) is 5.75 Å². The summed E-state index contributed by atoms with van der Waals surface area (Å²) in [5.74, 6) is -0.174. The van der Waals surface area contributed by atoms with Crippen molar-refractivity contribution < 1.29 is 19.1 Å². The van der Waals surface area contributed by atoms with Crippen LogP contribution in [0.3, 0.4) is 0 Å². The van der Waals surface area contributed by atoms with E-state index in [-0.39, 0.29) is 18.9 Å². The second kappa shape index (κ2) is 10.6. The van der Waals surface area contributed by atoms with Crippen molar-refractivity contribution in [1.29, 1.82) is 0 Å². The number of benzene rings is 2. The summed E-state index contributed by atoms with van der Waals surface area (Å²) in [6, 6.07) is 13.8. The molecule has 9 heteroatoms. The van der Waals surface area contributed by atoms with Crippen LogP contribution >= 0.6 is 10.0 Å². The lowest BCUT2D eigenvalue weighted by Gasteiger charge is -2.30. The topological polar surface area (TPSA) is 109 Å². The number of carbonyl (C=O) groups is 3. The highest BCUT2D eigenvalue weighted by Crippen LogP contribution is 2.48. The van der Waals surface area contributed by atoms with Gasteiger partial charge < -0.3 is 15.4 Å². The Hall–Kier alpha value is -3.20. The molecule has 0 fully saturated rings. The summed E-state index contributed by atoms with van der Waals surface area (Å²) in [7, 11) is 0.689. The lowest BCUT2D eigenvalue weighted by atomic mass is 10.0. The Balaban J connectivity index is 1.80. The highest BCUT2D eigenvalue weighted by Gasteiger charge is 2.30. The van der Waals surface area contributed by atoms with Crippen LogP contribution in [0, 0.1) is 5.92 Å². The standard InChI is InChI=1S/C24H30N4O4S/c1-5-33(3,4)20-12-8-18(9-13-20)26-24(31)22(16-6-10-19(32-2)11-7-16)27-23(30)17-14-21(29)28-25-15-17/h6-13,17,22H,5,14-15H2,1-4H3,(H,26,31)(H,27,30). The van der Waals surface area contributed by atoms with Crippen LogP contribution in [-0.4, -0.2) is 49.6 Å². The van der Waals surface area contributed by atoms with Crippen molar-refractivity contribution in [3.05, 3.63) is 54.1 Å². The molecule has 0 saturated carbocycles. The first-order valence-electron chi connectivity index (χ1n) is 10.7. The van der Waals surface area contributed by atoms with Crippen LogP contribution in [-0.2, 0) is 14.4 Å². The number of hydrogen-bond acceptors (Lipinski definition) is 5. The van der Waals surface area contributed by atoms with E-state index in [0.717, 1.165) is 5.75 Å². The molecule has 1 aliphatic heterocycles. The van der Waals surface area contributed by atoms with Gasteiger partial charge in [0.05, 0.1) is 19.6 Å². The van der Waals surface area contributed by atoms with E-state index in [4.69, 9.17) is 4.74 Å². The molecule has 176 valence electrons. The molecule has 8 nitrogen and oxygen atoms in total. The summed E-state index contributed by atoms with van der Waals surface area (Å²) in [5.41, 5.74) is 1.24. The van der Waals surface area contributed by atoms with E-state index in [2.05, 4.69) is 40.3 Å². The lowest BCUT2D eigenvalue weighted by molar-refractivity contribution is -0.132. The van der Waals surface area contributed by atoms with Gasteiger partial charge in [-0.15, -0.1) is 5.11 Å². The average molecular weight is 471 g/mol. The summed E-state index contributed by atoms with van der Waals surface area (Å²) in [6.45, 7) is 2.29. The highest BCUT2D eigenvalue weighted by molar-refractivity contribution is 8.32. The fraction of sp³-hybridized carbons (Fsp3) is 0.375. The van der Waals surface area contributed by atoms with E-state index >= 15 is 0 Å². The van der Waals surface area contributed by atoms with Crippen LogP contribution < -0.4 is 15.4 Å². The number of anilines is 1. The molecule has 1 aliphatic rings. The van der Waals surface area contributed by atoms with Crippen LogP contribution in [0.5, 0.6) is 5.75 Å². The maximum atomic E-state index is 13.2. The van der Waals surface area contributed by atoms with E-state index in [9.17, 15) is 14.4 Å². The first-order valence-corrected chi connectivity index (χ1v) is 13.3.